The monoisotopic (exact) mass is 397 g/mol. The van der Waals surface area contributed by atoms with Crippen LogP contribution in [0.15, 0.2) is 12.3 Å². The third-order valence-corrected chi connectivity index (χ3v) is 8.44. The zero-order valence-corrected chi connectivity index (χ0v) is 16.3. The molecule has 0 N–H and O–H groups in total. The quantitative estimate of drug-likeness (QED) is 0.753. The minimum absolute atomic E-state index is 0.266. The van der Waals surface area contributed by atoms with Crippen molar-refractivity contribution in [3.8, 4) is 0 Å². The van der Waals surface area contributed by atoms with Crippen LogP contribution in [0.4, 0.5) is 19.0 Å². The van der Waals surface area contributed by atoms with Gasteiger partial charge in [0.25, 0.3) is 0 Å². The molecule has 1 spiro atoms. The fourth-order valence-electron chi connectivity index (χ4n) is 4.94. The summed E-state index contributed by atoms with van der Waals surface area (Å²) in [4.78, 5) is 9.20. The largest absolute Gasteiger partial charge is 0.417 e. The molecule has 0 amide bonds. The Kier molecular flexibility index (Phi) is 4.39. The van der Waals surface area contributed by atoms with Gasteiger partial charge in [0.15, 0.2) is 0 Å². The smallest absolute Gasteiger partial charge is 0.356 e. The standard InChI is InChI=1S/C20H26F3N3S/c21-20(22,23)15-9-17(14-1-2-14)18(24-10-15)25-6-3-16(4-7-25)26-8-5-19(11-26)12-27-13-19/h9-10,14,16H,1-8,11-13H2. The van der Waals surface area contributed by atoms with Crippen molar-refractivity contribution in [2.75, 3.05) is 42.6 Å². The lowest BCUT2D eigenvalue weighted by atomic mass is 9.91. The van der Waals surface area contributed by atoms with E-state index in [-0.39, 0.29) is 5.92 Å². The van der Waals surface area contributed by atoms with Crippen LogP contribution in [0.1, 0.15) is 49.1 Å². The van der Waals surface area contributed by atoms with E-state index in [0.29, 0.717) is 11.5 Å². The molecular formula is C20H26F3N3S. The first-order valence-corrected chi connectivity index (χ1v) is 11.2. The fourth-order valence-corrected chi connectivity index (χ4v) is 6.19. The van der Waals surface area contributed by atoms with Crippen LogP contribution in [-0.2, 0) is 6.18 Å². The SMILES string of the molecule is FC(F)(F)c1cnc(N2CCC(N3CCC4(CSC4)C3)CC2)c(C2CC2)c1. The fraction of sp³-hybridized carbons (Fsp3) is 0.750. The Hall–Kier alpha value is -0.950. The molecule has 1 aromatic rings. The highest BCUT2D eigenvalue weighted by molar-refractivity contribution is 8.00. The van der Waals surface area contributed by atoms with Gasteiger partial charge in [-0.25, -0.2) is 4.98 Å². The molecule has 3 aliphatic heterocycles. The molecule has 148 valence electrons. The van der Waals surface area contributed by atoms with E-state index in [4.69, 9.17) is 0 Å². The summed E-state index contributed by atoms with van der Waals surface area (Å²) in [6, 6.07) is 1.98. The highest BCUT2D eigenvalue weighted by atomic mass is 32.2. The predicted molar refractivity (Wildman–Crippen MR) is 102 cm³/mol. The van der Waals surface area contributed by atoms with Crippen LogP contribution in [0.25, 0.3) is 0 Å². The number of aromatic nitrogens is 1. The first-order valence-electron chi connectivity index (χ1n) is 10.1. The van der Waals surface area contributed by atoms with Crippen LogP contribution in [0.3, 0.4) is 0 Å². The topological polar surface area (TPSA) is 19.4 Å². The van der Waals surface area contributed by atoms with Crippen LogP contribution >= 0.6 is 11.8 Å². The zero-order chi connectivity index (χ0) is 18.6. The molecule has 3 nitrogen and oxygen atoms in total. The molecule has 4 aliphatic rings. The van der Waals surface area contributed by atoms with Crippen molar-refractivity contribution in [2.45, 2.75) is 50.2 Å². The van der Waals surface area contributed by atoms with Gasteiger partial charge in [-0.3, -0.25) is 4.90 Å². The summed E-state index contributed by atoms with van der Waals surface area (Å²) in [5, 5.41) is 0. The summed E-state index contributed by atoms with van der Waals surface area (Å²) in [5.41, 5.74) is 0.800. The van der Waals surface area contributed by atoms with Gasteiger partial charge in [0, 0.05) is 48.8 Å². The molecule has 7 heteroatoms. The molecule has 0 unspecified atom stereocenters. The second-order valence-corrected chi connectivity index (χ2v) is 9.83. The summed E-state index contributed by atoms with van der Waals surface area (Å²) < 4.78 is 39.3. The van der Waals surface area contributed by atoms with Gasteiger partial charge < -0.3 is 4.90 Å². The van der Waals surface area contributed by atoms with Crippen LogP contribution in [0.5, 0.6) is 0 Å². The number of likely N-dealkylation sites (tertiary alicyclic amines) is 1. The number of halogens is 3. The number of alkyl halides is 3. The highest BCUT2D eigenvalue weighted by Gasteiger charge is 2.45. The van der Waals surface area contributed by atoms with Crippen molar-refractivity contribution >= 4 is 17.6 Å². The van der Waals surface area contributed by atoms with Crippen LogP contribution in [-0.4, -0.2) is 53.6 Å². The zero-order valence-electron chi connectivity index (χ0n) is 15.5. The molecular weight excluding hydrogens is 371 g/mol. The molecule has 4 heterocycles. The van der Waals surface area contributed by atoms with Crippen LogP contribution in [0.2, 0.25) is 0 Å². The molecule has 0 atom stereocenters. The molecule has 3 saturated heterocycles. The number of piperidine rings is 1. The maximum atomic E-state index is 13.1. The van der Waals surface area contributed by atoms with Gasteiger partial charge >= 0.3 is 6.18 Å². The summed E-state index contributed by atoms with van der Waals surface area (Å²) in [5.74, 6) is 3.71. The van der Waals surface area contributed by atoms with E-state index >= 15 is 0 Å². The van der Waals surface area contributed by atoms with E-state index in [0.717, 1.165) is 56.4 Å². The molecule has 1 saturated carbocycles. The van der Waals surface area contributed by atoms with Gasteiger partial charge in [0.1, 0.15) is 5.82 Å². The predicted octanol–water partition coefficient (Wildman–Crippen LogP) is 4.39. The van der Waals surface area contributed by atoms with Crippen molar-refractivity contribution in [1.82, 2.24) is 9.88 Å². The van der Waals surface area contributed by atoms with E-state index < -0.39 is 11.7 Å². The molecule has 27 heavy (non-hydrogen) atoms. The average Bonchev–Trinajstić information content (AvgIpc) is 3.37. The van der Waals surface area contributed by atoms with Gasteiger partial charge in [-0.2, -0.15) is 24.9 Å². The second kappa shape index (κ2) is 6.55. The number of hydrogen-bond donors (Lipinski definition) is 0. The Morgan fingerprint density at radius 3 is 2.37 bits per heavy atom. The van der Waals surface area contributed by atoms with Crippen LogP contribution in [0, 0.1) is 5.41 Å². The summed E-state index contributed by atoms with van der Waals surface area (Å²) in [6.45, 7) is 4.27. The number of hydrogen-bond acceptors (Lipinski definition) is 4. The summed E-state index contributed by atoms with van der Waals surface area (Å²) in [7, 11) is 0. The minimum Gasteiger partial charge on any atom is -0.356 e. The number of rotatable bonds is 3. The molecule has 0 aromatic carbocycles. The third kappa shape index (κ3) is 3.46. The van der Waals surface area contributed by atoms with E-state index in [1.807, 2.05) is 0 Å². The van der Waals surface area contributed by atoms with E-state index in [2.05, 4.69) is 26.5 Å². The Balaban J connectivity index is 1.27. The normalized spacial score (nSPS) is 26.6. The molecule has 0 bridgehead atoms. The maximum Gasteiger partial charge on any atom is 0.417 e. The van der Waals surface area contributed by atoms with Crippen molar-refractivity contribution in [2.24, 2.45) is 5.41 Å². The van der Waals surface area contributed by atoms with E-state index in [1.165, 1.54) is 37.1 Å². The Labute approximate surface area is 162 Å². The summed E-state index contributed by atoms with van der Waals surface area (Å²) >= 11 is 2.07. The Morgan fingerprint density at radius 1 is 1.07 bits per heavy atom. The number of nitrogens with zero attached hydrogens (tertiary/aromatic N) is 3. The molecule has 4 fully saturated rings. The number of anilines is 1. The van der Waals surface area contributed by atoms with Crippen LogP contribution < -0.4 is 4.90 Å². The third-order valence-electron chi connectivity index (χ3n) is 6.80. The van der Waals surface area contributed by atoms with Crippen molar-refractivity contribution in [1.29, 1.82) is 0 Å². The van der Waals surface area contributed by atoms with Gasteiger partial charge in [0.2, 0.25) is 0 Å². The molecule has 5 rings (SSSR count). The molecule has 1 aromatic heterocycles. The number of thioether (sulfide) groups is 1. The van der Waals surface area contributed by atoms with Gasteiger partial charge in [-0.15, -0.1) is 0 Å². The lowest BCUT2D eigenvalue weighted by molar-refractivity contribution is -0.137. The minimum atomic E-state index is -4.31. The Bertz CT molecular complexity index is 707. The average molecular weight is 398 g/mol. The first-order chi connectivity index (χ1) is 12.9. The lowest BCUT2D eigenvalue weighted by Crippen LogP contribution is -2.46. The van der Waals surface area contributed by atoms with Gasteiger partial charge in [0.05, 0.1) is 5.56 Å². The van der Waals surface area contributed by atoms with E-state index in [9.17, 15) is 13.2 Å². The maximum absolute atomic E-state index is 13.1. The second-order valence-electron chi connectivity index (χ2n) is 8.84. The molecule has 1 aliphatic carbocycles. The summed E-state index contributed by atoms with van der Waals surface area (Å²) in [6.07, 6.45) is 2.21. The number of pyridine rings is 1. The first kappa shape index (κ1) is 18.1. The lowest BCUT2D eigenvalue weighted by Gasteiger charge is -2.41. The van der Waals surface area contributed by atoms with Crippen molar-refractivity contribution in [3.05, 3.63) is 23.4 Å². The Morgan fingerprint density at radius 2 is 1.81 bits per heavy atom. The van der Waals surface area contributed by atoms with Gasteiger partial charge in [-0.1, -0.05) is 0 Å². The van der Waals surface area contributed by atoms with Gasteiger partial charge in [-0.05, 0) is 56.2 Å². The van der Waals surface area contributed by atoms with Crippen molar-refractivity contribution in [3.63, 3.8) is 0 Å². The van der Waals surface area contributed by atoms with Crippen molar-refractivity contribution < 1.29 is 13.2 Å². The molecule has 0 radical (unpaired) electrons. The highest BCUT2D eigenvalue weighted by Crippen LogP contribution is 2.47. The van der Waals surface area contributed by atoms with E-state index in [1.54, 1.807) is 0 Å².